The van der Waals surface area contributed by atoms with Crippen molar-refractivity contribution < 1.29 is 0 Å². The average Bonchev–Trinajstić information content (AvgIpc) is 1.98. The van der Waals surface area contributed by atoms with Crippen molar-refractivity contribution in [2.45, 2.75) is 6.42 Å². The highest BCUT2D eigenvalue weighted by Crippen LogP contribution is 2.16. The highest BCUT2D eigenvalue weighted by Gasteiger charge is 2.00. The summed E-state index contributed by atoms with van der Waals surface area (Å²) in [6.45, 7) is 0. The van der Waals surface area contributed by atoms with Gasteiger partial charge >= 0.3 is 0 Å². The molecular weight excluding hydrogens is 183 g/mol. The van der Waals surface area contributed by atoms with Crippen molar-refractivity contribution in [3.63, 3.8) is 0 Å². The van der Waals surface area contributed by atoms with E-state index in [1.165, 1.54) is 0 Å². The van der Waals surface area contributed by atoms with Crippen LogP contribution in [0.2, 0.25) is 10.2 Å². The van der Waals surface area contributed by atoms with E-state index in [1.807, 2.05) is 6.07 Å². The van der Waals surface area contributed by atoms with Crippen LogP contribution < -0.4 is 0 Å². The molecule has 1 rings (SSSR count). The van der Waals surface area contributed by atoms with Crippen LogP contribution in [0.4, 0.5) is 0 Å². The molecule has 0 amide bonds. The van der Waals surface area contributed by atoms with Crippen molar-refractivity contribution in [1.82, 2.24) is 4.98 Å². The van der Waals surface area contributed by atoms with E-state index in [1.54, 1.807) is 12.1 Å². The van der Waals surface area contributed by atoms with Crippen LogP contribution in [0.1, 0.15) is 5.69 Å². The van der Waals surface area contributed by atoms with Crippen LogP contribution in [0.15, 0.2) is 12.1 Å². The molecule has 1 aromatic rings. The fraction of sp³-hybridized carbons (Fsp3) is 0.143. The summed E-state index contributed by atoms with van der Waals surface area (Å²) in [6.07, 6.45) is 0.194. The van der Waals surface area contributed by atoms with Crippen molar-refractivity contribution in [3.05, 3.63) is 28.0 Å². The number of hydrogen-bond donors (Lipinski definition) is 0. The van der Waals surface area contributed by atoms with Gasteiger partial charge in [0.05, 0.1) is 23.2 Å². The van der Waals surface area contributed by atoms with Crippen LogP contribution in [0.25, 0.3) is 0 Å². The fourth-order valence-electron chi connectivity index (χ4n) is 0.657. The molecule has 0 atom stereocenters. The Hall–Kier alpha value is -0.780. The minimum absolute atomic E-state index is 0.194. The van der Waals surface area contributed by atoms with E-state index in [0.717, 1.165) is 0 Å². The van der Waals surface area contributed by atoms with E-state index in [2.05, 4.69) is 4.98 Å². The number of hydrogen-bond acceptors (Lipinski definition) is 2. The molecule has 0 aliphatic carbocycles. The van der Waals surface area contributed by atoms with Gasteiger partial charge in [-0.1, -0.05) is 23.2 Å². The van der Waals surface area contributed by atoms with E-state index in [0.29, 0.717) is 15.9 Å². The molecule has 0 aliphatic rings. The summed E-state index contributed by atoms with van der Waals surface area (Å²) in [6, 6.07) is 5.16. The number of pyridine rings is 1. The van der Waals surface area contributed by atoms with E-state index >= 15 is 0 Å². The molecule has 0 aromatic carbocycles. The molecule has 0 spiro atoms. The Bertz CT molecular complexity index is 304. The molecule has 11 heavy (non-hydrogen) atoms. The predicted molar refractivity (Wildman–Crippen MR) is 43.6 cm³/mol. The van der Waals surface area contributed by atoms with Gasteiger partial charge in [0.25, 0.3) is 0 Å². The Balaban J connectivity index is 3.05. The zero-order chi connectivity index (χ0) is 8.27. The topological polar surface area (TPSA) is 36.7 Å². The third kappa shape index (κ3) is 2.07. The maximum atomic E-state index is 8.34. The zero-order valence-corrected chi connectivity index (χ0v) is 7.02. The van der Waals surface area contributed by atoms with Crippen LogP contribution in [-0.4, -0.2) is 4.98 Å². The molecule has 1 heterocycles. The number of halogens is 2. The monoisotopic (exact) mass is 186 g/mol. The summed E-state index contributed by atoms with van der Waals surface area (Å²) in [5, 5.41) is 9.19. The largest absolute Gasteiger partial charge is 0.238 e. The molecule has 56 valence electrons. The molecular formula is C7H4Cl2N2. The van der Waals surface area contributed by atoms with Gasteiger partial charge in [-0.3, -0.25) is 0 Å². The van der Waals surface area contributed by atoms with Crippen LogP contribution in [0.5, 0.6) is 0 Å². The van der Waals surface area contributed by atoms with Crippen molar-refractivity contribution in [2.75, 3.05) is 0 Å². The lowest BCUT2D eigenvalue weighted by molar-refractivity contribution is 1.12. The molecule has 0 fully saturated rings. The molecule has 0 radical (unpaired) electrons. The Labute approximate surface area is 74.4 Å². The third-order valence-corrected chi connectivity index (χ3v) is 1.69. The average molecular weight is 187 g/mol. The summed E-state index contributed by atoms with van der Waals surface area (Å²) >= 11 is 11.3. The first kappa shape index (κ1) is 8.32. The van der Waals surface area contributed by atoms with Crippen LogP contribution in [-0.2, 0) is 6.42 Å². The maximum Gasteiger partial charge on any atom is 0.129 e. The second-order valence-corrected chi connectivity index (χ2v) is 2.69. The number of nitriles is 1. The van der Waals surface area contributed by atoms with Gasteiger partial charge in [0.15, 0.2) is 0 Å². The molecule has 0 saturated carbocycles. The second kappa shape index (κ2) is 3.56. The first-order chi connectivity index (χ1) is 5.24. The van der Waals surface area contributed by atoms with Crippen molar-refractivity contribution in [3.8, 4) is 6.07 Å². The smallest absolute Gasteiger partial charge is 0.129 e. The highest BCUT2D eigenvalue weighted by atomic mass is 35.5. The van der Waals surface area contributed by atoms with E-state index in [4.69, 9.17) is 28.5 Å². The molecule has 2 nitrogen and oxygen atoms in total. The van der Waals surface area contributed by atoms with Gasteiger partial charge in [-0.25, -0.2) is 4.98 Å². The van der Waals surface area contributed by atoms with Gasteiger partial charge in [0.1, 0.15) is 5.15 Å². The standard InChI is InChI=1S/C7H4Cl2N2/c8-5-1-2-7(9)11-6(5)3-4-10/h1-2H,3H2. The minimum atomic E-state index is 0.194. The van der Waals surface area contributed by atoms with E-state index in [9.17, 15) is 0 Å². The van der Waals surface area contributed by atoms with Crippen molar-refractivity contribution in [1.29, 1.82) is 5.26 Å². The lowest BCUT2D eigenvalue weighted by atomic mass is 10.3. The summed E-state index contributed by atoms with van der Waals surface area (Å²) in [4.78, 5) is 3.87. The zero-order valence-electron chi connectivity index (χ0n) is 5.51. The van der Waals surface area contributed by atoms with Crippen LogP contribution in [0.3, 0.4) is 0 Å². The third-order valence-electron chi connectivity index (χ3n) is 1.13. The highest BCUT2D eigenvalue weighted by molar-refractivity contribution is 6.32. The Morgan fingerprint density at radius 1 is 1.45 bits per heavy atom. The SMILES string of the molecule is N#CCc1nc(Cl)ccc1Cl. The molecule has 1 aromatic heterocycles. The van der Waals surface area contributed by atoms with Gasteiger partial charge < -0.3 is 0 Å². The van der Waals surface area contributed by atoms with Crippen LogP contribution in [0, 0.1) is 11.3 Å². The van der Waals surface area contributed by atoms with Gasteiger partial charge in [-0.15, -0.1) is 0 Å². The van der Waals surface area contributed by atoms with Crippen molar-refractivity contribution in [2.24, 2.45) is 0 Å². The normalized spacial score (nSPS) is 9.18. The van der Waals surface area contributed by atoms with E-state index < -0.39 is 0 Å². The second-order valence-electron chi connectivity index (χ2n) is 1.90. The van der Waals surface area contributed by atoms with Gasteiger partial charge in [-0.2, -0.15) is 5.26 Å². The first-order valence-corrected chi connectivity index (χ1v) is 3.67. The van der Waals surface area contributed by atoms with Gasteiger partial charge in [0, 0.05) is 0 Å². The summed E-state index contributed by atoms with van der Waals surface area (Å²) in [5.74, 6) is 0. The van der Waals surface area contributed by atoms with Gasteiger partial charge in [0.2, 0.25) is 0 Å². The predicted octanol–water partition coefficient (Wildman–Crippen LogP) is 2.45. The number of aromatic nitrogens is 1. The summed E-state index contributed by atoms with van der Waals surface area (Å²) in [5.41, 5.74) is 0.529. The summed E-state index contributed by atoms with van der Waals surface area (Å²) < 4.78 is 0. The van der Waals surface area contributed by atoms with Crippen molar-refractivity contribution >= 4 is 23.2 Å². The lowest BCUT2D eigenvalue weighted by Gasteiger charge is -1.96. The van der Waals surface area contributed by atoms with E-state index in [-0.39, 0.29) is 6.42 Å². The molecule has 0 N–H and O–H groups in total. The number of rotatable bonds is 1. The Morgan fingerprint density at radius 2 is 2.18 bits per heavy atom. The molecule has 0 unspecified atom stereocenters. The quantitative estimate of drug-likeness (QED) is 0.633. The minimum Gasteiger partial charge on any atom is -0.238 e. The maximum absolute atomic E-state index is 8.34. The Kier molecular flexibility index (Phi) is 2.70. The van der Waals surface area contributed by atoms with Crippen LogP contribution >= 0.6 is 23.2 Å². The molecule has 0 bridgehead atoms. The molecule has 0 saturated heterocycles. The fourth-order valence-corrected chi connectivity index (χ4v) is 0.994. The first-order valence-electron chi connectivity index (χ1n) is 2.92. The molecule has 0 aliphatic heterocycles. The summed E-state index contributed by atoms with van der Waals surface area (Å²) in [7, 11) is 0. The number of nitrogens with zero attached hydrogens (tertiary/aromatic N) is 2. The van der Waals surface area contributed by atoms with Gasteiger partial charge in [-0.05, 0) is 12.1 Å². The Morgan fingerprint density at radius 3 is 2.82 bits per heavy atom. The lowest BCUT2D eigenvalue weighted by Crippen LogP contribution is -1.88. The molecule has 4 heteroatoms.